The number of carbonyl (C=O) groups is 1. The molecular formula is C18H30N2O2S. The normalized spacial score (nSPS) is 24.0. The van der Waals surface area contributed by atoms with E-state index in [2.05, 4.69) is 51.0 Å². The minimum absolute atomic E-state index is 0.0749. The molecule has 1 aromatic heterocycles. The van der Waals surface area contributed by atoms with Crippen molar-refractivity contribution in [3.05, 3.63) is 21.9 Å². The lowest BCUT2D eigenvalue weighted by molar-refractivity contribution is -0.144. The third-order valence-corrected chi connectivity index (χ3v) is 5.46. The van der Waals surface area contributed by atoms with E-state index in [9.17, 15) is 4.79 Å². The minimum Gasteiger partial charge on any atom is -0.373 e. The highest BCUT2D eigenvalue weighted by atomic mass is 32.1. The van der Waals surface area contributed by atoms with Gasteiger partial charge in [0.1, 0.15) is 0 Å². The van der Waals surface area contributed by atoms with Crippen LogP contribution in [-0.4, -0.2) is 54.1 Å². The van der Waals surface area contributed by atoms with Crippen LogP contribution in [-0.2, 0) is 16.1 Å². The molecule has 0 radical (unpaired) electrons. The van der Waals surface area contributed by atoms with Crippen LogP contribution in [0.2, 0.25) is 0 Å². The van der Waals surface area contributed by atoms with Gasteiger partial charge in [-0.3, -0.25) is 9.69 Å². The van der Waals surface area contributed by atoms with Gasteiger partial charge in [0.15, 0.2) is 0 Å². The van der Waals surface area contributed by atoms with Gasteiger partial charge in [0.25, 0.3) is 0 Å². The number of morpholine rings is 1. The number of amides is 1. The zero-order chi connectivity index (χ0) is 17.1. The summed E-state index contributed by atoms with van der Waals surface area (Å²) in [5.41, 5.74) is 1.27. The molecule has 4 nitrogen and oxygen atoms in total. The van der Waals surface area contributed by atoms with Gasteiger partial charge in [0.2, 0.25) is 5.91 Å². The fourth-order valence-corrected chi connectivity index (χ4v) is 4.35. The standard InChI is InChI=1S/C18H30N2O2S/c1-12(2)17(20-9-14(4)22-15(5)10-20)18(21)19(6)11-16-13(3)7-8-23-16/h7-8,12,14-15,17H,9-11H2,1-6H3. The van der Waals surface area contributed by atoms with E-state index < -0.39 is 0 Å². The highest BCUT2D eigenvalue weighted by molar-refractivity contribution is 7.10. The molecule has 0 bridgehead atoms. The summed E-state index contributed by atoms with van der Waals surface area (Å²) < 4.78 is 5.82. The van der Waals surface area contributed by atoms with Gasteiger partial charge in [-0.05, 0) is 43.7 Å². The molecule has 5 heteroatoms. The zero-order valence-corrected chi connectivity index (χ0v) is 16.0. The molecule has 1 fully saturated rings. The summed E-state index contributed by atoms with van der Waals surface area (Å²) in [6.45, 7) is 12.9. The molecule has 0 saturated carbocycles. The molecule has 3 unspecified atom stereocenters. The number of aryl methyl sites for hydroxylation is 1. The molecule has 2 heterocycles. The summed E-state index contributed by atoms with van der Waals surface area (Å²) in [6.07, 6.45) is 0.357. The summed E-state index contributed by atoms with van der Waals surface area (Å²) in [7, 11) is 1.92. The van der Waals surface area contributed by atoms with Crippen LogP contribution >= 0.6 is 11.3 Å². The van der Waals surface area contributed by atoms with Crippen LogP contribution in [0.5, 0.6) is 0 Å². The fourth-order valence-electron chi connectivity index (χ4n) is 3.39. The maximum atomic E-state index is 13.1. The van der Waals surface area contributed by atoms with E-state index in [0.29, 0.717) is 6.54 Å². The maximum Gasteiger partial charge on any atom is 0.240 e. The molecule has 0 aromatic carbocycles. The number of thiophene rings is 1. The van der Waals surface area contributed by atoms with E-state index in [1.165, 1.54) is 10.4 Å². The van der Waals surface area contributed by atoms with Crippen molar-refractivity contribution < 1.29 is 9.53 Å². The van der Waals surface area contributed by atoms with Crippen molar-refractivity contribution in [2.75, 3.05) is 20.1 Å². The zero-order valence-electron chi connectivity index (χ0n) is 15.2. The van der Waals surface area contributed by atoms with E-state index in [1.807, 2.05) is 11.9 Å². The Balaban J connectivity index is 2.10. The summed E-state index contributed by atoms with van der Waals surface area (Å²) in [6, 6.07) is 2.04. The van der Waals surface area contributed by atoms with Gasteiger partial charge >= 0.3 is 0 Å². The molecule has 1 aliphatic rings. The van der Waals surface area contributed by atoms with Crippen molar-refractivity contribution in [1.82, 2.24) is 9.80 Å². The lowest BCUT2D eigenvalue weighted by Gasteiger charge is -2.42. The van der Waals surface area contributed by atoms with Crippen LogP contribution in [0.1, 0.15) is 38.1 Å². The van der Waals surface area contributed by atoms with E-state index in [1.54, 1.807) is 11.3 Å². The van der Waals surface area contributed by atoms with Crippen LogP contribution in [0, 0.1) is 12.8 Å². The van der Waals surface area contributed by atoms with E-state index in [0.717, 1.165) is 13.1 Å². The first-order chi connectivity index (χ1) is 10.8. The lowest BCUT2D eigenvalue weighted by Crippen LogP contribution is -2.57. The van der Waals surface area contributed by atoms with Gasteiger partial charge in [0, 0.05) is 25.0 Å². The van der Waals surface area contributed by atoms with Gasteiger partial charge in [-0.25, -0.2) is 0 Å². The Kier molecular flexibility index (Phi) is 6.23. The molecule has 1 saturated heterocycles. The number of hydrogen-bond donors (Lipinski definition) is 0. The largest absolute Gasteiger partial charge is 0.373 e. The Morgan fingerprint density at radius 2 is 2.00 bits per heavy atom. The molecular weight excluding hydrogens is 308 g/mol. The highest BCUT2D eigenvalue weighted by Gasteiger charge is 2.35. The summed E-state index contributed by atoms with van der Waals surface area (Å²) in [5, 5.41) is 2.09. The van der Waals surface area contributed by atoms with Gasteiger partial charge in [-0.2, -0.15) is 0 Å². The first kappa shape index (κ1) is 18.4. The van der Waals surface area contributed by atoms with Crippen molar-refractivity contribution in [1.29, 1.82) is 0 Å². The summed E-state index contributed by atoms with van der Waals surface area (Å²) in [5.74, 6) is 0.501. The van der Waals surface area contributed by atoms with Crippen molar-refractivity contribution >= 4 is 17.2 Å². The van der Waals surface area contributed by atoms with Crippen LogP contribution in [0.3, 0.4) is 0 Å². The van der Waals surface area contributed by atoms with Crippen molar-refractivity contribution in [3.63, 3.8) is 0 Å². The lowest BCUT2D eigenvalue weighted by atomic mass is 9.99. The maximum absolute atomic E-state index is 13.1. The molecule has 1 aliphatic heterocycles. The first-order valence-corrected chi connectivity index (χ1v) is 9.35. The number of nitrogens with zero attached hydrogens (tertiary/aromatic N) is 2. The quantitative estimate of drug-likeness (QED) is 0.827. The van der Waals surface area contributed by atoms with E-state index in [-0.39, 0.29) is 30.1 Å². The fraction of sp³-hybridized carbons (Fsp3) is 0.722. The molecule has 1 aromatic rings. The van der Waals surface area contributed by atoms with Gasteiger partial charge in [0.05, 0.1) is 24.8 Å². The van der Waals surface area contributed by atoms with Crippen molar-refractivity contribution in [3.8, 4) is 0 Å². The molecule has 0 aliphatic carbocycles. The molecule has 1 amide bonds. The average molecular weight is 339 g/mol. The number of rotatable bonds is 5. The van der Waals surface area contributed by atoms with E-state index >= 15 is 0 Å². The Morgan fingerprint density at radius 1 is 1.39 bits per heavy atom. The second-order valence-corrected chi connectivity index (χ2v) is 8.12. The van der Waals surface area contributed by atoms with Crippen LogP contribution < -0.4 is 0 Å². The predicted octanol–water partition coefficient (Wildman–Crippen LogP) is 3.15. The third-order valence-electron chi connectivity index (χ3n) is 4.45. The second-order valence-electron chi connectivity index (χ2n) is 7.12. The average Bonchev–Trinajstić information content (AvgIpc) is 2.82. The number of ether oxygens (including phenoxy) is 1. The molecule has 23 heavy (non-hydrogen) atoms. The number of carbonyl (C=O) groups excluding carboxylic acids is 1. The molecule has 0 N–H and O–H groups in total. The highest BCUT2D eigenvalue weighted by Crippen LogP contribution is 2.22. The minimum atomic E-state index is -0.0749. The second kappa shape index (κ2) is 7.77. The third kappa shape index (κ3) is 4.55. The molecule has 2 rings (SSSR count). The number of hydrogen-bond acceptors (Lipinski definition) is 4. The van der Waals surface area contributed by atoms with Gasteiger partial charge in [-0.1, -0.05) is 13.8 Å². The Hall–Kier alpha value is -0.910. The molecule has 0 spiro atoms. The SMILES string of the molecule is Cc1ccsc1CN(C)C(=O)C(C(C)C)N1CC(C)OC(C)C1. The first-order valence-electron chi connectivity index (χ1n) is 8.47. The summed E-state index contributed by atoms with van der Waals surface area (Å²) in [4.78, 5) is 18.5. The van der Waals surface area contributed by atoms with Crippen LogP contribution in [0.15, 0.2) is 11.4 Å². The monoisotopic (exact) mass is 338 g/mol. The summed E-state index contributed by atoms with van der Waals surface area (Å²) >= 11 is 1.72. The molecule has 3 atom stereocenters. The Bertz CT molecular complexity index is 519. The van der Waals surface area contributed by atoms with Crippen molar-refractivity contribution in [2.45, 2.75) is 59.4 Å². The predicted molar refractivity (Wildman–Crippen MR) is 95.7 cm³/mol. The molecule has 130 valence electrons. The topological polar surface area (TPSA) is 32.8 Å². The van der Waals surface area contributed by atoms with Gasteiger partial charge in [-0.15, -0.1) is 11.3 Å². The Labute approximate surface area is 144 Å². The van der Waals surface area contributed by atoms with Crippen molar-refractivity contribution in [2.24, 2.45) is 5.92 Å². The number of likely N-dealkylation sites (N-methyl/N-ethyl adjacent to an activating group) is 1. The van der Waals surface area contributed by atoms with Crippen LogP contribution in [0.25, 0.3) is 0 Å². The van der Waals surface area contributed by atoms with Crippen LogP contribution in [0.4, 0.5) is 0 Å². The Morgan fingerprint density at radius 3 is 2.48 bits per heavy atom. The smallest absolute Gasteiger partial charge is 0.240 e. The van der Waals surface area contributed by atoms with E-state index in [4.69, 9.17) is 4.74 Å². The van der Waals surface area contributed by atoms with Gasteiger partial charge < -0.3 is 9.64 Å².